The number of hydrogen-bond acceptors (Lipinski definition) is 6. The maximum Gasteiger partial charge on any atom is 0.199 e. The molecule has 0 aromatic carbocycles. The highest BCUT2D eigenvalue weighted by atomic mass is 32.1. The molecular formula is C21H20N4O2S. The molecule has 0 spiro atoms. The van der Waals surface area contributed by atoms with Gasteiger partial charge < -0.3 is 14.0 Å². The molecule has 142 valence electrons. The summed E-state index contributed by atoms with van der Waals surface area (Å²) in [7, 11) is 2.01. The Morgan fingerprint density at radius 3 is 2.79 bits per heavy atom. The Bertz CT molecular complexity index is 1130. The van der Waals surface area contributed by atoms with E-state index in [1.807, 2.05) is 32.3 Å². The number of hydrogen-bond donors (Lipinski definition) is 0. The van der Waals surface area contributed by atoms with Gasteiger partial charge in [0, 0.05) is 30.4 Å². The third kappa shape index (κ3) is 3.01. The molecule has 0 N–H and O–H groups in total. The fraction of sp³-hybridized carbons (Fsp3) is 0.286. The van der Waals surface area contributed by atoms with E-state index in [0.29, 0.717) is 0 Å². The second-order valence-electron chi connectivity index (χ2n) is 6.84. The van der Waals surface area contributed by atoms with Crippen molar-refractivity contribution in [1.82, 2.24) is 19.5 Å². The molecule has 4 aromatic rings. The summed E-state index contributed by atoms with van der Waals surface area (Å²) in [6.45, 7) is 3.47. The summed E-state index contributed by atoms with van der Waals surface area (Å²) in [6, 6.07) is 10.2. The lowest BCUT2D eigenvalue weighted by Gasteiger charge is -2.23. The minimum Gasteiger partial charge on any atom is -0.347 e. The number of ether oxygens (including phenoxy) is 2. The summed E-state index contributed by atoms with van der Waals surface area (Å²) in [5.41, 5.74) is 4.84. The Morgan fingerprint density at radius 1 is 1.14 bits per heavy atom. The summed E-state index contributed by atoms with van der Waals surface area (Å²) in [5.74, 6) is 0. The number of nitrogens with zero attached hydrogens (tertiary/aromatic N) is 4. The first-order chi connectivity index (χ1) is 13.7. The molecule has 1 aliphatic heterocycles. The van der Waals surface area contributed by atoms with Crippen LogP contribution in [0.15, 0.2) is 42.7 Å². The molecule has 1 aliphatic rings. The molecule has 0 unspecified atom stereocenters. The molecule has 5 rings (SSSR count). The fourth-order valence-electron chi connectivity index (χ4n) is 3.48. The van der Waals surface area contributed by atoms with Crippen molar-refractivity contribution in [2.75, 3.05) is 13.2 Å². The van der Waals surface area contributed by atoms with E-state index >= 15 is 0 Å². The molecule has 0 bridgehead atoms. The van der Waals surface area contributed by atoms with E-state index in [1.54, 1.807) is 17.5 Å². The van der Waals surface area contributed by atoms with Gasteiger partial charge in [-0.15, -0.1) is 11.3 Å². The second-order valence-corrected chi connectivity index (χ2v) is 7.84. The fourth-order valence-corrected chi connectivity index (χ4v) is 4.50. The van der Waals surface area contributed by atoms with E-state index in [2.05, 4.69) is 27.8 Å². The van der Waals surface area contributed by atoms with Crippen LogP contribution in [0.3, 0.4) is 0 Å². The predicted molar refractivity (Wildman–Crippen MR) is 109 cm³/mol. The zero-order valence-corrected chi connectivity index (χ0v) is 16.6. The van der Waals surface area contributed by atoms with Gasteiger partial charge in [-0.2, -0.15) is 0 Å². The quantitative estimate of drug-likeness (QED) is 0.514. The molecule has 0 radical (unpaired) electrons. The number of thiazole rings is 1. The minimum absolute atomic E-state index is 0.321. The zero-order valence-electron chi connectivity index (χ0n) is 15.8. The van der Waals surface area contributed by atoms with Crippen LogP contribution in [0, 0.1) is 6.92 Å². The van der Waals surface area contributed by atoms with Gasteiger partial charge in [-0.25, -0.2) is 9.97 Å². The summed E-state index contributed by atoms with van der Waals surface area (Å²) in [6.07, 6.45) is 4.23. The first-order valence-corrected chi connectivity index (χ1v) is 10.1. The Labute approximate surface area is 166 Å². The number of aromatic nitrogens is 4. The van der Waals surface area contributed by atoms with Crippen molar-refractivity contribution in [2.24, 2.45) is 7.05 Å². The summed E-state index contributed by atoms with van der Waals surface area (Å²) < 4.78 is 13.6. The molecule has 6 nitrogen and oxygen atoms in total. The number of rotatable bonds is 3. The highest BCUT2D eigenvalue weighted by Crippen LogP contribution is 2.35. The zero-order chi connectivity index (χ0) is 19.1. The van der Waals surface area contributed by atoms with Crippen LogP contribution >= 0.6 is 11.3 Å². The largest absolute Gasteiger partial charge is 0.347 e. The highest BCUT2D eigenvalue weighted by molar-refractivity contribution is 7.18. The smallest absolute Gasteiger partial charge is 0.199 e. The van der Waals surface area contributed by atoms with Crippen LogP contribution in [-0.4, -0.2) is 32.7 Å². The van der Waals surface area contributed by atoms with Gasteiger partial charge in [0.25, 0.3) is 0 Å². The lowest BCUT2D eigenvalue weighted by Crippen LogP contribution is -2.19. The van der Waals surface area contributed by atoms with Gasteiger partial charge in [0.05, 0.1) is 35.2 Å². The van der Waals surface area contributed by atoms with Crippen molar-refractivity contribution in [1.29, 1.82) is 0 Å². The summed E-state index contributed by atoms with van der Waals surface area (Å²) in [5, 5.41) is 2.03. The lowest BCUT2D eigenvalue weighted by molar-refractivity contribution is -0.186. The molecule has 1 fully saturated rings. The highest BCUT2D eigenvalue weighted by Gasteiger charge is 2.22. The first kappa shape index (κ1) is 17.5. The van der Waals surface area contributed by atoms with Crippen molar-refractivity contribution in [3.63, 3.8) is 0 Å². The van der Waals surface area contributed by atoms with Crippen LogP contribution in [0.1, 0.15) is 24.1 Å². The maximum atomic E-state index is 5.78. The van der Waals surface area contributed by atoms with Gasteiger partial charge in [0.15, 0.2) is 6.29 Å². The molecule has 0 atom stereocenters. The van der Waals surface area contributed by atoms with Gasteiger partial charge >= 0.3 is 0 Å². The van der Waals surface area contributed by atoms with E-state index in [9.17, 15) is 0 Å². The van der Waals surface area contributed by atoms with Crippen LogP contribution in [0.5, 0.6) is 0 Å². The third-order valence-electron chi connectivity index (χ3n) is 4.92. The minimum atomic E-state index is -0.321. The number of pyridine rings is 2. The maximum absolute atomic E-state index is 5.78. The van der Waals surface area contributed by atoms with Gasteiger partial charge in [0.1, 0.15) is 10.7 Å². The van der Waals surface area contributed by atoms with E-state index in [4.69, 9.17) is 19.4 Å². The second kappa shape index (κ2) is 7.09. The van der Waals surface area contributed by atoms with Gasteiger partial charge in [-0.05, 0) is 43.7 Å². The van der Waals surface area contributed by atoms with Gasteiger partial charge in [-0.3, -0.25) is 4.98 Å². The van der Waals surface area contributed by atoms with Crippen LogP contribution in [0.4, 0.5) is 0 Å². The van der Waals surface area contributed by atoms with Crippen molar-refractivity contribution < 1.29 is 9.47 Å². The van der Waals surface area contributed by atoms with E-state index < -0.39 is 0 Å². The molecule has 0 aliphatic carbocycles. The van der Waals surface area contributed by atoms with Crippen LogP contribution in [0.2, 0.25) is 0 Å². The van der Waals surface area contributed by atoms with Crippen molar-refractivity contribution in [2.45, 2.75) is 19.6 Å². The Morgan fingerprint density at radius 2 is 2.00 bits per heavy atom. The average molecular weight is 392 g/mol. The summed E-state index contributed by atoms with van der Waals surface area (Å²) >= 11 is 1.64. The molecule has 7 heteroatoms. The van der Waals surface area contributed by atoms with E-state index in [-0.39, 0.29) is 6.29 Å². The Kier molecular flexibility index (Phi) is 4.43. The molecular weight excluding hydrogens is 372 g/mol. The molecule has 1 saturated heterocycles. The monoisotopic (exact) mass is 392 g/mol. The van der Waals surface area contributed by atoms with Crippen LogP contribution in [-0.2, 0) is 16.5 Å². The molecule has 0 amide bonds. The molecule has 0 saturated carbocycles. The standard InChI is InChI=1S/C21H20N4O2S/c1-13-18(28-20(23-13)15-5-3-8-22-12-15)16-7-6-14-11-17(25(2)19(14)24-16)21-26-9-4-10-27-21/h3,5-8,11-12,21H,4,9-10H2,1-2H3. The van der Waals surface area contributed by atoms with Crippen LogP contribution < -0.4 is 0 Å². The third-order valence-corrected chi connectivity index (χ3v) is 6.15. The number of aryl methyl sites for hydroxylation is 2. The number of fused-ring (bicyclic) bond motifs is 1. The van der Waals surface area contributed by atoms with Crippen molar-refractivity contribution in [3.8, 4) is 21.1 Å². The Hall–Kier alpha value is -2.61. The topological polar surface area (TPSA) is 62.1 Å². The van der Waals surface area contributed by atoms with Crippen molar-refractivity contribution in [3.05, 3.63) is 54.1 Å². The molecule has 28 heavy (non-hydrogen) atoms. The average Bonchev–Trinajstić information content (AvgIpc) is 3.29. The van der Waals surface area contributed by atoms with Gasteiger partial charge in [0.2, 0.25) is 0 Å². The predicted octanol–water partition coefficient (Wildman–Crippen LogP) is 4.50. The first-order valence-electron chi connectivity index (χ1n) is 9.28. The van der Waals surface area contributed by atoms with E-state index in [0.717, 1.165) is 63.2 Å². The molecule has 5 heterocycles. The lowest BCUT2D eigenvalue weighted by atomic mass is 10.2. The summed E-state index contributed by atoms with van der Waals surface area (Å²) in [4.78, 5) is 14.9. The Balaban J connectivity index is 1.55. The normalized spacial score (nSPS) is 15.4. The van der Waals surface area contributed by atoms with Crippen molar-refractivity contribution >= 4 is 22.4 Å². The van der Waals surface area contributed by atoms with Gasteiger partial charge in [-0.1, -0.05) is 0 Å². The van der Waals surface area contributed by atoms with E-state index in [1.165, 1.54) is 0 Å². The SMILES string of the molecule is Cc1nc(-c2cccnc2)sc1-c1ccc2cc(C3OCCCO3)n(C)c2n1. The van der Waals surface area contributed by atoms with Crippen LogP contribution in [0.25, 0.3) is 32.2 Å². The molecule has 4 aromatic heterocycles.